The van der Waals surface area contributed by atoms with Crippen molar-refractivity contribution >= 4 is 5.97 Å². The third-order valence-electron chi connectivity index (χ3n) is 2.84. The van der Waals surface area contributed by atoms with Crippen molar-refractivity contribution < 1.29 is 19.0 Å². The first-order chi connectivity index (χ1) is 9.17. The lowest BCUT2D eigenvalue weighted by atomic mass is 9.99. The summed E-state index contributed by atoms with van der Waals surface area (Å²) in [5.74, 6) is -0.344. The lowest BCUT2D eigenvalue weighted by molar-refractivity contribution is -0.0957. The van der Waals surface area contributed by atoms with Gasteiger partial charge in [-0.05, 0) is 18.6 Å². The van der Waals surface area contributed by atoms with Gasteiger partial charge in [-0.2, -0.15) is 0 Å². The van der Waals surface area contributed by atoms with Gasteiger partial charge in [0.2, 0.25) is 0 Å². The molecule has 106 valence electrons. The Kier molecular flexibility index (Phi) is 6.53. The third kappa shape index (κ3) is 4.65. The highest BCUT2D eigenvalue weighted by Crippen LogP contribution is 2.21. The maximum absolute atomic E-state index is 12.2. The molecule has 0 bridgehead atoms. The van der Waals surface area contributed by atoms with Crippen molar-refractivity contribution in [2.45, 2.75) is 25.4 Å². The number of esters is 1. The van der Waals surface area contributed by atoms with E-state index < -0.39 is 5.60 Å². The third-order valence-corrected chi connectivity index (χ3v) is 2.84. The zero-order valence-electron chi connectivity index (χ0n) is 11.8. The zero-order chi connectivity index (χ0) is 14.1. The van der Waals surface area contributed by atoms with Gasteiger partial charge in [-0.1, -0.05) is 31.5 Å². The van der Waals surface area contributed by atoms with Crippen molar-refractivity contribution in [2.75, 3.05) is 27.4 Å². The molecule has 1 rings (SSSR count). The van der Waals surface area contributed by atoms with E-state index in [4.69, 9.17) is 14.2 Å². The van der Waals surface area contributed by atoms with Crippen molar-refractivity contribution in [3.05, 3.63) is 35.9 Å². The molecule has 19 heavy (non-hydrogen) atoms. The summed E-state index contributed by atoms with van der Waals surface area (Å²) < 4.78 is 16.0. The van der Waals surface area contributed by atoms with Crippen LogP contribution < -0.4 is 0 Å². The largest absolute Gasteiger partial charge is 0.451 e. The Balaban J connectivity index is 2.83. The molecule has 0 aliphatic carbocycles. The summed E-state index contributed by atoms with van der Waals surface area (Å²) in [6.07, 6.45) is 1.59. The number of ether oxygens (including phenoxy) is 3. The first-order valence-corrected chi connectivity index (χ1v) is 6.43. The second-order valence-electron chi connectivity index (χ2n) is 4.55. The summed E-state index contributed by atoms with van der Waals surface area (Å²) in [4.78, 5) is 12.2. The first kappa shape index (κ1) is 15.7. The van der Waals surface area contributed by atoms with E-state index in [2.05, 4.69) is 0 Å². The van der Waals surface area contributed by atoms with E-state index in [1.807, 2.05) is 25.1 Å². The minimum absolute atomic E-state index is 0.327. The number of benzene rings is 1. The Morgan fingerprint density at radius 2 is 1.68 bits per heavy atom. The number of methoxy groups -OCH3 is 2. The van der Waals surface area contributed by atoms with Crippen LogP contribution in [0.15, 0.2) is 30.3 Å². The van der Waals surface area contributed by atoms with Crippen LogP contribution in [0.4, 0.5) is 0 Å². The molecule has 0 aromatic heterocycles. The summed E-state index contributed by atoms with van der Waals surface area (Å²) in [5, 5.41) is 0. The quantitative estimate of drug-likeness (QED) is 0.679. The molecule has 0 unspecified atom stereocenters. The van der Waals surface area contributed by atoms with Crippen LogP contribution in [0.2, 0.25) is 0 Å². The van der Waals surface area contributed by atoms with Crippen LogP contribution in [0.5, 0.6) is 0 Å². The Morgan fingerprint density at radius 3 is 2.16 bits per heavy atom. The standard InChI is InChI=1S/C15H22O4/c1-4-10-15(11-17-2,12-18-3)19-14(16)13-8-6-5-7-9-13/h5-9H,4,10-12H2,1-3H3. The average Bonchev–Trinajstić information content (AvgIpc) is 2.40. The summed E-state index contributed by atoms with van der Waals surface area (Å²) in [7, 11) is 3.19. The van der Waals surface area contributed by atoms with E-state index in [0.717, 1.165) is 6.42 Å². The molecule has 4 heteroatoms. The fraction of sp³-hybridized carbons (Fsp3) is 0.533. The Bertz CT molecular complexity index is 358. The molecule has 0 heterocycles. The fourth-order valence-corrected chi connectivity index (χ4v) is 2.11. The van der Waals surface area contributed by atoms with E-state index in [0.29, 0.717) is 25.2 Å². The monoisotopic (exact) mass is 266 g/mol. The lowest BCUT2D eigenvalue weighted by Gasteiger charge is -2.32. The summed E-state index contributed by atoms with van der Waals surface area (Å²) >= 11 is 0. The molecule has 0 N–H and O–H groups in total. The molecule has 0 spiro atoms. The maximum Gasteiger partial charge on any atom is 0.338 e. The molecule has 1 aromatic carbocycles. The van der Waals surface area contributed by atoms with Crippen LogP contribution in [-0.4, -0.2) is 39.0 Å². The highest BCUT2D eigenvalue weighted by atomic mass is 16.6. The lowest BCUT2D eigenvalue weighted by Crippen LogP contribution is -2.44. The van der Waals surface area contributed by atoms with Gasteiger partial charge >= 0.3 is 5.97 Å². The molecule has 1 aromatic rings. The number of carbonyl (C=O) groups is 1. The van der Waals surface area contributed by atoms with Gasteiger partial charge in [-0.3, -0.25) is 0 Å². The second kappa shape index (κ2) is 7.92. The van der Waals surface area contributed by atoms with E-state index in [1.54, 1.807) is 26.4 Å². The van der Waals surface area contributed by atoms with Crippen LogP contribution in [-0.2, 0) is 14.2 Å². The van der Waals surface area contributed by atoms with Crippen molar-refractivity contribution in [3.8, 4) is 0 Å². The van der Waals surface area contributed by atoms with Crippen molar-refractivity contribution in [3.63, 3.8) is 0 Å². The molecule has 0 saturated heterocycles. The summed E-state index contributed by atoms with van der Waals surface area (Å²) in [5.41, 5.74) is -0.180. The van der Waals surface area contributed by atoms with E-state index >= 15 is 0 Å². The number of hydrogen-bond donors (Lipinski definition) is 0. The molecule has 0 saturated carbocycles. The van der Waals surface area contributed by atoms with E-state index in [9.17, 15) is 4.79 Å². The predicted octanol–water partition coefficient (Wildman–Crippen LogP) is 2.68. The SMILES string of the molecule is CCCC(COC)(COC)OC(=O)c1ccccc1. The van der Waals surface area contributed by atoms with E-state index in [-0.39, 0.29) is 5.97 Å². The second-order valence-corrected chi connectivity index (χ2v) is 4.55. The maximum atomic E-state index is 12.2. The molecule has 0 amide bonds. The average molecular weight is 266 g/mol. The van der Waals surface area contributed by atoms with Gasteiger partial charge in [0.25, 0.3) is 0 Å². The van der Waals surface area contributed by atoms with Crippen LogP contribution in [0.25, 0.3) is 0 Å². The Labute approximate surface area is 114 Å². The zero-order valence-corrected chi connectivity index (χ0v) is 11.8. The Hall–Kier alpha value is -1.39. The molecule has 0 atom stereocenters. The number of rotatable bonds is 8. The molecule has 0 fully saturated rings. The van der Waals surface area contributed by atoms with Crippen LogP contribution in [0, 0.1) is 0 Å². The van der Waals surface area contributed by atoms with Crippen LogP contribution >= 0.6 is 0 Å². The summed E-state index contributed by atoms with van der Waals surface area (Å²) in [6.45, 7) is 2.69. The minimum atomic E-state index is -0.717. The molecular formula is C15H22O4. The highest BCUT2D eigenvalue weighted by molar-refractivity contribution is 5.89. The predicted molar refractivity (Wildman–Crippen MR) is 73.2 cm³/mol. The Morgan fingerprint density at radius 1 is 1.11 bits per heavy atom. The van der Waals surface area contributed by atoms with Gasteiger partial charge in [0.15, 0.2) is 5.60 Å². The van der Waals surface area contributed by atoms with Crippen molar-refractivity contribution in [2.24, 2.45) is 0 Å². The van der Waals surface area contributed by atoms with Crippen molar-refractivity contribution in [1.29, 1.82) is 0 Å². The van der Waals surface area contributed by atoms with Gasteiger partial charge < -0.3 is 14.2 Å². The summed E-state index contributed by atoms with van der Waals surface area (Å²) in [6, 6.07) is 8.95. The molecule has 0 radical (unpaired) electrons. The first-order valence-electron chi connectivity index (χ1n) is 6.43. The van der Waals surface area contributed by atoms with Crippen molar-refractivity contribution in [1.82, 2.24) is 0 Å². The van der Waals surface area contributed by atoms with Gasteiger partial charge in [0.1, 0.15) is 0 Å². The molecule has 0 aliphatic heterocycles. The van der Waals surface area contributed by atoms with Crippen LogP contribution in [0.1, 0.15) is 30.1 Å². The van der Waals surface area contributed by atoms with Gasteiger partial charge in [-0.25, -0.2) is 4.79 Å². The number of carbonyl (C=O) groups excluding carboxylic acids is 1. The molecule has 0 aliphatic rings. The normalized spacial score (nSPS) is 11.3. The highest BCUT2D eigenvalue weighted by Gasteiger charge is 2.34. The van der Waals surface area contributed by atoms with Gasteiger partial charge in [0, 0.05) is 14.2 Å². The molecular weight excluding hydrogens is 244 g/mol. The minimum Gasteiger partial charge on any atom is -0.451 e. The fourth-order valence-electron chi connectivity index (χ4n) is 2.11. The topological polar surface area (TPSA) is 44.8 Å². The number of hydrogen-bond acceptors (Lipinski definition) is 4. The molecule has 4 nitrogen and oxygen atoms in total. The van der Waals surface area contributed by atoms with Gasteiger partial charge in [0.05, 0.1) is 18.8 Å². The van der Waals surface area contributed by atoms with Gasteiger partial charge in [-0.15, -0.1) is 0 Å². The smallest absolute Gasteiger partial charge is 0.338 e. The van der Waals surface area contributed by atoms with Crippen LogP contribution in [0.3, 0.4) is 0 Å². The van der Waals surface area contributed by atoms with E-state index in [1.165, 1.54) is 0 Å².